The number of fused-ring (bicyclic) bond motifs is 2. The number of carbonyl (C=O) groups excluding carboxylic acids is 2. The first-order chi connectivity index (χ1) is 34.3. The van der Waals surface area contributed by atoms with Crippen molar-refractivity contribution < 1.29 is 36.5 Å². The standard InChI is InChI=1S/C24H28N6O3S.C17H21BrN6O.C7H9BO4S/c1-4-19-23(31)28(2)20-15-26-24(27-22(20)30(19)17-7-5-6-8-17)29-14-13-25-21(29)16-9-11-18(12-10-16)34(3,32)33;1-3-12-15(25)22(2)13-10-20-17(23-9-8-19-16(23)18)21-14(13)24(12)11-6-4-5-7-11;1-13(11,12)7-4-2-6(3-5-7)8(9)10/h9-15,17,19H,4-8H2,1-3H3;8-12H,3-7H2,1-2H3;2-5,9-10H,1H3/t19-;12-;/m11./s1. The number of carbonyl (C=O) groups is 2. The second kappa shape index (κ2) is 21.6. The molecule has 380 valence electrons. The first-order valence-corrected chi connectivity index (χ1v) is 28.4. The second-order valence-corrected chi connectivity index (χ2v) is 23.0. The van der Waals surface area contributed by atoms with Crippen molar-refractivity contribution in [1.29, 1.82) is 0 Å². The quantitative estimate of drug-likeness (QED) is 0.173. The Morgan fingerprint density at radius 1 is 0.625 bits per heavy atom. The van der Waals surface area contributed by atoms with Crippen LogP contribution < -0.4 is 25.1 Å². The van der Waals surface area contributed by atoms with Crippen LogP contribution in [0.25, 0.3) is 23.3 Å². The molecule has 2 aliphatic heterocycles. The van der Waals surface area contributed by atoms with Crippen LogP contribution in [-0.2, 0) is 29.3 Å². The third-order valence-electron chi connectivity index (χ3n) is 13.6. The average molecular weight is 1090 g/mol. The Labute approximate surface area is 428 Å². The van der Waals surface area contributed by atoms with Crippen LogP contribution in [0.5, 0.6) is 0 Å². The molecule has 2 N–H and O–H groups in total. The molecule has 0 spiro atoms. The molecule has 24 heteroatoms. The zero-order valence-corrected chi connectivity index (χ0v) is 44.2. The van der Waals surface area contributed by atoms with Crippen LogP contribution >= 0.6 is 15.9 Å². The highest BCUT2D eigenvalue weighted by Gasteiger charge is 2.43. The van der Waals surface area contributed by atoms with Crippen LogP contribution in [0.3, 0.4) is 0 Å². The number of hydrogen-bond donors (Lipinski definition) is 2. The fraction of sp³-hybridized carbons (Fsp3) is 0.417. The Bertz CT molecular complexity index is 3150. The number of likely N-dealkylation sites (N-methyl/N-ethyl adjacent to an activating group) is 2. The van der Waals surface area contributed by atoms with Gasteiger partial charge in [0.1, 0.15) is 29.3 Å². The zero-order chi connectivity index (χ0) is 51.6. The van der Waals surface area contributed by atoms with Gasteiger partial charge in [-0.25, -0.2) is 36.8 Å². The van der Waals surface area contributed by atoms with Gasteiger partial charge in [0.25, 0.3) is 0 Å². The molecule has 6 heterocycles. The van der Waals surface area contributed by atoms with Gasteiger partial charge >= 0.3 is 7.12 Å². The van der Waals surface area contributed by atoms with Crippen molar-refractivity contribution in [3.8, 4) is 23.3 Å². The summed E-state index contributed by atoms with van der Waals surface area (Å²) in [6.45, 7) is 4.11. The smallest absolute Gasteiger partial charge is 0.423 e. The van der Waals surface area contributed by atoms with E-state index in [-0.39, 0.29) is 45.2 Å². The fourth-order valence-electron chi connectivity index (χ4n) is 9.83. The van der Waals surface area contributed by atoms with Gasteiger partial charge in [0, 0.05) is 69.0 Å². The van der Waals surface area contributed by atoms with Gasteiger partial charge in [-0.3, -0.25) is 18.7 Å². The van der Waals surface area contributed by atoms with Gasteiger partial charge in [-0.2, -0.15) is 9.97 Å². The van der Waals surface area contributed by atoms with Crippen molar-refractivity contribution in [1.82, 2.24) is 39.0 Å². The van der Waals surface area contributed by atoms with Crippen LogP contribution in [0, 0.1) is 0 Å². The zero-order valence-electron chi connectivity index (χ0n) is 40.9. The fourth-order valence-corrected chi connectivity index (χ4v) is 11.5. The number of benzene rings is 2. The van der Waals surface area contributed by atoms with Crippen LogP contribution in [0.15, 0.2) is 100 Å². The van der Waals surface area contributed by atoms with E-state index in [1.807, 2.05) is 20.2 Å². The van der Waals surface area contributed by atoms with Crippen LogP contribution in [-0.4, -0.2) is 136 Å². The summed E-state index contributed by atoms with van der Waals surface area (Å²) in [5.41, 5.74) is 2.52. The maximum absolute atomic E-state index is 13.1. The summed E-state index contributed by atoms with van der Waals surface area (Å²) in [7, 11) is -4.46. The van der Waals surface area contributed by atoms with Crippen molar-refractivity contribution >= 4 is 83.0 Å². The maximum atomic E-state index is 13.1. The molecule has 2 saturated carbocycles. The van der Waals surface area contributed by atoms with E-state index in [0.29, 0.717) is 40.6 Å². The minimum atomic E-state index is -3.28. The molecule has 2 amide bonds. The highest BCUT2D eigenvalue weighted by molar-refractivity contribution is 9.10. The molecule has 4 aromatic heterocycles. The van der Waals surface area contributed by atoms with E-state index in [1.165, 1.54) is 43.4 Å². The van der Waals surface area contributed by atoms with Gasteiger partial charge in [0.15, 0.2) is 36.0 Å². The van der Waals surface area contributed by atoms with E-state index in [0.717, 1.165) is 74.1 Å². The lowest BCUT2D eigenvalue weighted by atomic mass is 9.81. The van der Waals surface area contributed by atoms with E-state index in [2.05, 4.69) is 52.6 Å². The third kappa shape index (κ3) is 10.7. The van der Waals surface area contributed by atoms with Gasteiger partial charge in [0.05, 0.1) is 22.2 Å². The summed E-state index contributed by atoms with van der Waals surface area (Å²) in [6.07, 6.45) is 23.3. The normalized spacial score (nSPS) is 18.3. The van der Waals surface area contributed by atoms with Crippen LogP contribution in [0.2, 0.25) is 0 Å². The Balaban J connectivity index is 0.000000159. The number of rotatable bonds is 10. The molecule has 0 radical (unpaired) electrons. The molecule has 2 atom stereocenters. The first kappa shape index (κ1) is 52.3. The summed E-state index contributed by atoms with van der Waals surface area (Å²) in [5.74, 6) is 3.46. The lowest BCUT2D eigenvalue weighted by molar-refractivity contribution is -0.120. The number of sulfone groups is 2. The molecule has 0 unspecified atom stereocenters. The number of aromatic nitrogens is 8. The van der Waals surface area contributed by atoms with Gasteiger partial charge in [-0.1, -0.05) is 51.7 Å². The minimum absolute atomic E-state index is 0.0764. The molecule has 2 aromatic carbocycles. The van der Waals surface area contributed by atoms with E-state index in [4.69, 9.17) is 20.0 Å². The minimum Gasteiger partial charge on any atom is -0.423 e. The molecule has 2 fully saturated rings. The van der Waals surface area contributed by atoms with Crippen molar-refractivity contribution in [3.05, 3.63) is 90.4 Å². The predicted molar refractivity (Wildman–Crippen MR) is 278 cm³/mol. The number of imidazole rings is 2. The van der Waals surface area contributed by atoms with Crippen LogP contribution in [0.1, 0.15) is 78.1 Å². The largest absolute Gasteiger partial charge is 0.488 e. The van der Waals surface area contributed by atoms with Gasteiger partial charge in [-0.15, -0.1) is 0 Å². The molecule has 2 aliphatic carbocycles. The lowest BCUT2D eigenvalue weighted by Gasteiger charge is -2.43. The highest BCUT2D eigenvalue weighted by atomic mass is 79.9. The Morgan fingerprint density at radius 2 is 1.04 bits per heavy atom. The summed E-state index contributed by atoms with van der Waals surface area (Å²) >= 11 is 3.42. The van der Waals surface area contributed by atoms with Gasteiger partial charge < -0.3 is 29.6 Å². The third-order valence-corrected chi connectivity index (χ3v) is 16.5. The molecule has 6 aromatic rings. The summed E-state index contributed by atoms with van der Waals surface area (Å²) in [4.78, 5) is 61.7. The second-order valence-electron chi connectivity index (χ2n) is 18.3. The molecular weight excluding hydrogens is 1030 g/mol. The number of nitrogens with zero attached hydrogens (tertiary/aromatic N) is 12. The van der Waals surface area contributed by atoms with Crippen molar-refractivity contribution in [3.63, 3.8) is 0 Å². The summed E-state index contributed by atoms with van der Waals surface area (Å²) < 4.78 is 49.9. The van der Waals surface area contributed by atoms with Crippen molar-refractivity contribution in [2.75, 3.05) is 46.2 Å². The monoisotopic (exact) mass is 1080 g/mol. The lowest BCUT2D eigenvalue weighted by Crippen LogP contribution is -2.55. The Hall–Kier alpha value is -6.08. The van der Waals surface area contributed by atoms with E-state index in [1.54, 1.807) is 81.2 Å². The molecule has 0 saturated heterocycles. The molecular formula is C48H58BBrN12O8S2. The predicted octanol–water partition coefficient (Wildman–Crippen LogP) is 4.94. The van der Waals surface area contributed by atoms with Crippen LogP contribution in [0.4, 0.5) is 23.0 Å². The topological polar surface area (TPSA) is 243 Å². The molecule has 0 bridgehead atoms. The van der Waals surface area contributed by atoms with E-state index >= 15 is 0 Å². The van der Waals surface area contributed by atoms with Gasteiger partial charge in [-0.05, 0) is 96.3 Å². The SMILES string of the molecule is CC[C@@H]1C(=O)N(C)c2cnc(-n3ccnc3-c3ccc(S(C)(=O)=O)cc3)nc2N1C1CCCC1.CC[C@@H]1C(=O)N(C)c2cnc(-n3ccnc3Br)nc2N1C1CCCC1.CS(=O)(=O)c1ccc(B(O)O)cc1. The molecule has 4 aliphatic rings. The number of halogens is 1. The Morgan fingerprint density at radius 3 is 1.44 bits per heavy atom. The molecule has 20 nitrogen and oxygen atoms in total. The molecule has 72 heavy (non-hydrogen) atoms. The van der Waals surface area contributed by atoms with E-state index in [9.17, 15) is 26.4 Å². The molecule has 10 rings (SSSR count). The van der Waals surface area contributed by atoms with Crippen molar-refractivity contribution in [2.45, 2.75) is 112 Å². The van der Waals surface area contributed by atoms with Gasteiger partial charge in [0.2, 0.25) is 23.7 Å². The highest BCUT2D eigenvalue weighted by Crippen LogP contribution is 2.41. The Kier molecular flexibility index (Phi) is 15.6. The average Bonchev–Trinajstić information content (AvgIpc) is 4.23. The summed E-state index contributed by atoms with van der Waals surface area (Å²) in [6, 6.07) is 12.3. The number of anilines is 4. The summed E-state index contributed by atoms with van der Waals surface area (Å²) in [5, 5.41) is 17.4. The van der Waals surface area contributed by atoms with Crippen molar-refractivity contribution in [2.24, 2.45) is 0 Å². The van der Waals surface area contributed by atoms with E-state index < -0.39 is 26.8 Å². The first-order valence-electron chi connectivity index (χ1n) is 23.9. The number of amides is 2. The maximum Gasteiger partial charge on any atom is 0.488 e. The number of hydrogen-bond acceptors (Lipinski definition) is 16.